The lowest BCUT2D eigenvalue weighted by Gasteiger charge is -2.07. The Morgan fingerprint density at radius 1 is 1.42 bits per heavy atom. The fourth-order valence-corrected chi connectivity index (χ4v) is 3.28. The summed E-state index contributed by atoms with van der Waals surface area (Å²) in [5.41, 5.74) is -0.472. The van der Waals surface area contributed by atoms with E-state index in [-0.39, 0.29) is 12.2 Å². The number of hydrogen-bond acceptors (Lipinski definition) is 2. The Bertz CT molecular complexity index is 685. The first-order chi connectivity index (χ1) is 11.0. The van der Waals surface area contributed by atoms with Gasteiger partial charge in [-0.15, -0.1) is 0 Å². The molecule has 2 nitrogen and oxygen atoms in total. The van der Waals surface area contributed by atoms with E-state index in [1.807, 2.05) is 22.6 Å². The second-order valence-corrected chi connectivity index (χ2v) is 7.73. The molecule has 1 fully saturated rings. The van der Waals surface area contributed by atoms with E-state index < -0.39 is 40.2 Å². The Balaban J connectivity index is 2.04. The standard InChI is InChI=1S/C16H14ClF4IO2/c1-15(2)9(6-11(17)16(19,20)21)12(15)14(23)24-7-8-4-3-5-10(22)13(8)18/h3-6,9,12H,7H2,1-2H3/b11-6-/t9-,12-/m0/s1. The van der Waals surface area contributed by atoms with Crippen molar-refractivity contribution >= 4 is 40.2 Å². The highest BCUT2D eigenvalue weighted by molar-refractivity contribution is 14.1. The number of ether oxygens (including phenoxy) is 1. The molecular weight excluding hydrogens is 463 g/mol. The number of hydrogen-bond donors (Lipinski definition) is 0. The topological polar surface area (TPSA) is 26.3 Å². The number of esters is 1. The Labute approximate surface area is 155 Å². The fraction of sp³-hybridized carbons (Fsp3) is 0.438. The molecule has 1 aliphatic carbocycles. The molecule has 0 N–H and O–H groups in total. The number of halogens is 6. The van der Waals surface area contributed by atoms with Crippen LogP contribution in [-0.2, 0) is 16.1 Å². The van der Waals surface area contributed by atoms with E-state index in [0.29, 0.717) is 3.57 Å². The van der Waals surface area contributed by atoms with Gasteiger partial charge in [0, 0.05) is 9.13 Å². The summed E-state index contributed by atoms with van der Waals surface area (Å²) >= 11 is 7.05. The molecule has 8 heteroatoms. The first-order valence-corrected chi connectivity index (χ1v) is 8.46. The van der Waals surface area contributed by atoms with Gasteiger partial charge in [0.1, 0.15) is 17.5 Å². The molecule has 2 atom stereocenters. The largest absolute Gasteiger partial charge is 0.460 e. The predicted molar refractivity (Wildman–Crippen MR) is 89.7 cm³/mol. The van der Waals surface area contributed by atoms with Crippen LogP contribution in [0.3, 0.4) is 0 Å². The number of carbonyl (C=O) groups excluding carboxylic acids is 1. The van der Waals surface area contributed by atoms with Gasteiger partial charge >= 0.3 is 12.1 Å². The number of rotatable bonds is 4. The number of allylic oxidation sites excluding steroid dienone is 2. The van der Waals surface area contributed by atoms with Crippen LogP contribution in [0, 0.1) is 26.6 Å². The zero-order chi connectivity index (χ0) is 18.3. The lowest BCUT2D eigenvalue weighted by atomic mass is 10.1. The van der Waals surface area contributed by atoms with E-state index in [4.69, 9.17) is 16.3 Å². The Morgan fingerprint density at radius 3 is 2.62 bits per heavy atom. The van der Waals surface area contributed by atoms with Crippen molar-refractivity contribution in [3.8, 4) is 0 Å². The van der Waals surface area contributed by atoms with Crippen molar-refractivity contribution in [2.75, 3.05) is 0 Å². The predicted octanol–water partition coefficient (Wildman–Crippen LogP) is 5.43. The van der Waals surface area contributed by atoms with E-state index in [0.717, 1.165) is 6.08 Å². The number of benzene rings is 1. The Hall–Kier alpha value is -0.830. The van der Waals surface area contributed by atoms with Crippen LogP contribution in [0.25, 0.3) is 0 Å². The summed E-state index contributed by atoms with van der Waals surface area (Å²) in [5, 5.41) is -1.25. The van der Waals surface area contributed by atoms with E-state index in [1.54, 1.807) is 26.0 Å². The maximum absolute atomic E-state index is 13.8. The van der Waals surface area contributed by atoms with Crippen molar-refractivity contribution < 1.29 is 27.1 Å². The van der Waals surface area contributed by atoms with E-state index in [1.165, 1.54) is 6.07 Å². The van der Waals surface area contributed by atoms with Crippen LogP contribution in [-0.4, -0.2) is 12.1 Å². The average molecular weight is 477 g/mol. The third-order valence-electron chi connectivity index (χ3n) is 4.16. The first kappa shape index (κ1) is 19.5. The quantitative estimate of drug-likeness (QED) is 0.329. The summed E-state index contributed by atoms with van der Waals surface area (Å²) in [5.74, 6) is -2.54. The third-order valence-corrected chi connectivity index (χ3v) is 5.34. The van der Waals surface area contributed by atoms with Gasteiger partial charge in [-0.25, -0.2) is 4.39 Å². The van der Waals surface area contributed by atoms with E-state index in [9.17, 15) is 22.4 Å². The molecule has 0 radical (unpaired) electrons. The van der Waals surface area contributed by atoms with E-state index in [2.05, 4.69) is 0 Å². The molecule has 0 bridgehead atoms. The van der Waals surface area contributed by atoms with Crippen LogP contribution in [0.2, 0.25) is 0 Å². The van der Waals surface area contributed by atoms with Crippen molar-refractivity contribution in [2.45, 2.75) is 26.6 Å². The van der Waals surface area contributed by atoms with Gasteiger partial charge in [-0.2, -0.15) is 13.2 Å². The molecule has 132 valence electrons. The highest BCUT2D eigenvalue weighted by atomic mass is 127. The molecule has 0 unspecified atom stereocenters. The Kier molecular flexibility index (Phi) is 5.54. The molecule has 0 aliphatic heterocycles. The van der Waals surface area contributed by atoms with Crippen molar-refractivity contribution in [1.29, 1.82) is 0 Å². The summed E-state index contributed by atoms with van der Waals surface area (Å²) in [4.78, 5) is 12.1. The minimum atomic E-state index is -4.64. The zero-order valence-electron chi connectivity index (χ0n) is 12.8. The fourth-order valence-electron chi connectivity index (χ4n) is 2.59. The van der Waals surface area contributed by atoms with Gasteiger partial charge in [0.2, 0.25) is 0 Å². The molecule has 24 heavy (non-hydrogen) atoms. The minimum absolute atomic E-state index is 0.217. The Morgan fingerprint density at radius 2 is 2.04 bits per heavy atom. The van der Waals surface area contributed by atoms with Crippen LogP contribution in [0.1, 0.15) is 19.4 Å². The van der Waals surface area contributed by atoms with Crippen molar-refractivity contribution in [2.24, 2.45) is 17.3 Å². The van der Waals surface area contributed by atoms with Gasteiger partial charge in [0.05, 0.1) is 5.92 Å². The summed E-state index contributed by atoms with van der Waals surface area (Å²) in [6.45, 7) is 3.05. The molecule has 0 aromatic heterocycles. The second-order valence-electron chi connectivity index (χ2n) is 6.16. The number of carbonyl (C=O) groups is 1. The molecule has 0 spiro atoms. The maximum atomic E-state index is 13.8. The lowest BCUT2D eigenvalue weighted by Crippen LogP contribution is -2.11. The van der Waals surface area contributed by atoms with Crippen molar-refractivity contribution in [3.05, 3.63) is 44.3 Å². The van der Waals surface area contributed by atoms with Crippen molar-refractivity contribution in [3.63, 3.8) is 0 Å². The second kappa shape index (κ2) is 6.82. The molecule has 0 saturated heterocycles. The van der Waals surface area contributed by atoms with Gasteiger partial charge in [-0.05, 0) is 40.0 Å². The third kappa shape index (κ3) is 4.04. The van der Waals surface area contributed by atoms with Crippen LogP contribution < -0.4 is 0 Å². The molecule has 1 aromatic rings. The lowest BCUT2D eigenvalue weighted by molar-refractivity contribution is -0.147. The van der Waals surface area contributed by atoms with Gasteiger partial charge < -0.3 is 4.74 Å². The molecule has 0 amide bonds. The smallest absolute Gasteiger partial charge is 0.426 e. The molecule has 1 aromatic carbocycles. The van der Waals surface area contributed by atoms with Crippen LogP contribution >= 0.6 is 34.2 Å². The molecule has 1 aliphatic rings. The highest BCUT2D eigenvalue weighted by Gasteiger charge is 2.62. The summed E-state index contributed by atoms with van der Waals surface area (Å²) in [7, 11) is 0. The molecule has 1 saturated carbocycles. The molecule has 2 rings (SSSR count). The van der Waals surface area contributed by atoms with Gasteiger partial charge in [0.15, 0.2) is 0 Å². The number of alkyl halides is 3. The van der Waals surface area contributed by atoms with Gasteiger partial charge in [-0.1, -0.05) is 43.7 Å². The van der Waals surface area contributed by atoms with Crippen LogP contribution in [0.4, 0.5) is 17.6 Å². The van der Waals surface area contributed by atoms with E-state index >= 15 is 0 Å². The van der Waals surface area contributed by atoms with Crippen molar-refractivity contribution in [1.82, 2.24) is 0 Å². The normalized spacial score (nSPS) is 23.1. The van der Waals surface area contributed by atoms with Crippen LogP contribution in [0.15, 0.2) is 29.3 Å². The van der Waals surface area contributed by atoms with Gasteiger partial charge in [-0.3, -0.25) is 4.79 Å². The van der Waals surface area contributed by atoms with Gasteiger partial charge in [0.25, 0.3) is 0 Å². The molecule has 0 heterocycles. The monoisotopic (exact) mass is 476 g/mol. The SMILES string of the molecule is CC1(C)[C@H](C(=O)OCc2cccc(I)c2F)[C@@H]1/C=C(\Cl)C(F)(F)F. The molecular formula is C16H14ClF4IO2. The minimum Gasteiger partial charge on any atom is -0.460 e. The maximum Gasteiger partial charge on any atom is 0.426 e. The summed E-state index contributed by atoms with van der Waals surface area (Å²) in [6.07, 6.45) is -3.79. The zero-order valence-corrected chi connectivity index (χ0v) is 15.7. The first-order valence-electron chi connectivity index (χ1n) is 7.00. The summed E-state index contributed by atoms with van der Waals surface area (Å²) in [6, 6.07) is 4.69. The highest BCUT2D eigenvalue weighted by Crippen LogP contribution is 2.60. The van der Waals surface area contributed by atoms with Crippen LogP contribution in [0.5, 0.6) is 0 Å². The average Bonchev–Trinajstić information content (AvgIpc) is 3.00. The summed E-state index contributed by atoms with van der Waals surface area (Å²) < 4.78 is 56.9.